The van der Waals surface area contributed by atoms with Crippen LogP contribution in [0.4, 0.5) is 0 Å². The van der Waals surface area contributed by atoms with E-state index in [-0.39, 0.29) is 5.78 Å². The minimum Gasteiger partial charge on any atom is -0.496 e. The van der Waals surface area contributed by atoms with Gasteiger partial charge in [0.25, 0.3) is 0 Å². The standard InChI is InChI=1S/C18H18O3/c1-12-3-4-14(11-17(12)20-2)18(19)13-5-7-15(8-6-13)21-16-9-10-16/h3-8,11,16H,9-10H2,1-2H3. The molecule has 1 aliphatic carbocycles. The van der Waals surface area contributed by atoms with Crippen LogP contribution in [0.2, 0.25) is 0 Å². The van der Waals surface area contributed by atoms with Crippen LogP contribution in [0, 0.1) is 6.92 Å². The summed E-state index contributed by atoms with van der Waals surface area (Å²) in [5, 5.41) is 0. The normalized spacial score (nSPS) is 13.8. The van der Waals surface area contributed by atoms with Crippen molar-refractivity contribution in [2.75, 3.05) is 7.11 Å². The van der Waals surface area contributed by atoms with Crippen molar-refractivity contribution in [1.29, 1.82) is 0 Å². The van der Waals surface area contributed by atoms with Gasteiger partial charge in [0, 0.05) is 11.1 Å². The zero-order chi connectivity index (χ0) is 14.8. The molecule has 0 saturated heterocycles. The summed E-state index contributed by atoms with van der Waals surface area (Å²) < 4.78 is 11.0. The molecule has 3 nitrogen and oxygen atoms in total. The number of rotatable bonds is 5. The van der Waals surface area contributed by atoms with Crippen LogP contribution in [0.1, 0.15) is 34.3 Å². The number of carbonyl (C=O) groups excluding carboxylic acids is 1. The number of ketones is 1. The average Bonchev–Trinajstić information content (AvgIpc) is 3.32. The van der Waals surface area contributed by atoms with Crippen LogP contribution in [0.15, 0.2) is 42.5 Å². The molecule has 1 fully saturated rings. The summed E-state index contributed by atoms with van der Waals surface area (Å²) in [4.78, 5) is 12.5. The predicted octanol–water partition coefficient (Wildman–Crippen LogP) is 3.78. The van der Waals surface area contributed by atoms with E-state index in [9.17, 15) is 4.79 Å². The quantitative estimate of drug-likeness (QED) is 0.783. The van der Waals surface area contributed by atoms with E-state index >= 15 is 0 Å². The van der Waals surface area contributed by atoms with Gasteiger partial charge in [0.15, 0.2) is 5.78 Å². The van der Waals surface area contributed by atoms with Crippen molar-refractivity contribution >= 4 is 5.78 Å². The number of benzene rings is 2. The zero-order valence-electron chi connectivity index (χ0n) is 12.3. The van der Waals surface area contributed by atoms with Crippen molar-refractivity contribution in [3.63, 3.8) is 0 Å². The summed E-state index contributed by atoms with van der Waals surface area (Å²) in [6.07, 6.45) is 2.63. The van der Waals surface area contributed by atoms with Gasteiger partial charge in [0.1, 0.15) is 11.5 Å². The molecule has 21 heavy (non-hydrogen) atoms. The van der Waals surface area contributed by atoms with Crippen LogP contribution in [0.25, 0.3) is 0 Å². The van der Waals surface area contributed by atoms with Gasteiger partial charge in [-0.25, -0.2) is 0 Å². The molecule has 108 valence electrons. The van der Waals surface area contributed by atoms with Crippen LogP contribution in [-0.2, 0) is 0 Å². The SMILES string of the molecule is COc1cc(C(=O)c2ccc(OC3CC3)cc2)ccc1C. The highest BCUT2D eigenvalue weighted by Gasteiger charge is 2.23. The van der Waals surface area contributed by atoms with Gasteiger partial charge in [-0.2, -0.15) is 0 Å². The Kier molecular flexibility index (Phi) is 3.65. The molecule has 1 aliphatic rings. The Bertz CT molecular complexity index is 655. The van der Waals surface area contributed by atoms with E-state index in [1.807, 2.05) is 43.3 Å². The maximum atomic E-state index is 12.5. The van der Waals surface area contributed by atoms with Gasteiger partial charge in [0.05, 0.1) is 13.2 Å². The molecule has 2 aromatic rings. The first-order valence-corrected chi connectivity index (χ1v) is 7.13. The minimum atomic E-state index is -0.00808. The van der Waals surface area contributed by atoms with Gasteiger partial charge in [-0.1, -0.05) is 12.1 Å². The zero-order valence-corrected chi connectivity index (χ0v) is 12.3. The topological polar surface area (TPSA) is 35.5 Å². The summed E-state index contributed by atoms with van der Waals surface area (Å²) in [6.45, 7) is 1.96. The lowest BCUT2D eigenvalue weighted by Crippen LogP contribution is -2.03. The number of ether oxygens (including phenoxy) is 2. The first-order valence-electron chi connectivity index (χ1n) is 7.13. The Balaban J connectivity index is 1.80. The molecular weight excluding hydrogens is 264 g/mol. The largest absolute Gasteiger partial charge is 0.496 e. The Morgan fingerprint density at radius 2 is 1.71 bits per heavy atom. The highest BCUT2D eigenvalue weighted by Crippen LogP contribution is 2.27. The van der Waals surface area contributed by atoms with E-state index < -0.39 is 0 Å². The van der Waals surface area contributed by atoms with E-state index in [4.69, 9.17) is 9.47 Å². The third-order valence-corrected chi connectivity index (χ3v) is 3.61. The second-order valence-corrected chi connectivity index (χ2v) is 5.36. The van der Waals surface area contributed by atoms with Crippen molar-refractivity contribution in [3.8, 4) is 11.5 Å². The maximum Gasteiger partial charge on any atom is 0.193 e. The molecule has 0 N–H and O–H groups in total. The molecule has 0 bridgehead atoms. The van der Waals surface area contributed by atoms with E-state index in [1.165, 1.54) is 0 Å². The average molecular weight is 282 g/mol. The molecule has 3 rings (SSSR count). The lowest BCUT2D eigenvalue weighted by molar-refractivity contribution is 0.103. The Hall–Kier alpha value is -2.29. The predicted molar refractivity (Wildman–Crippen MR) is 81.3 cm³/mol. The molecule has 2 aromatic carbocycles. The highest BCUT2D eigenvalue weighted by atomic mass is 16.5. The molecule has 1 saturated carbocycles. The van der Waals surface area contributed by atoms with E-state index in [0.29, 0.717) is 17.2 Å². The summed E-state index contributed by atoms with van der Waals surface area (Å²) in [5.41, 5.74) is 2.31. The number of methoxy groups -OCH3 is 1. The van der Waals surface area contributed by atoms with Crippen molar-refractivity contribution in [2.45, 2.75) is 25.9 Å². The first-order chi connectivity index (χ1) is 10.2. The third kappa shape index (κ3) is 3.07. The van der Waals surface area contributed by atoms with Crippen molar-refractivity contribution in [2.24, 2.45) is 0 Å². The summed E-state index contributed by atoms with van der Waals surface area (Å²) in [5.74, 6) is 1.55. The molecule has 0 atom stereocenters. The third-order valence-electron chi connectivity index (χ3n) is 3.61. The molecule has 0 heterocycles. The summed E-state index contributed by atoms with van der Waals surface area (Å²) in [7, 11) is 1.61. The van der Waals surface area contributed by atoms with Gasteiger partial charge in [-0.3, -0.25) is 4.79 Å². The molecule has 0 aromatic heterocycles. The van der Waals surface area contributed by atoms with Crippen molar-refractivity contribution in [3.05, 3.63) is 59.2 Å². The van der Waals surface area contributed by atoms with E-state index in [0.717, 1.165) is 29.9 Å². The Labute approximate surface area is 124 Å². The molecule has 0 spiro atoms. The highest BCUT2D eigenvalue weighted by molar-refractivity contribution is 6.09. The Morgan fingerprint density at radius 1 is 1.05 bits per heavy atom. The summed E-state index contributed by atoms with van der Waals surface area (Å²) in [6, 6.07) is 12.9. The maximum absolute atomic E-state index is 12.5. The first kappa shape index (κ1) is 13.7. The lowest BCUT2D eigenvalue weighted by Gasteiger charge is -2.08. The van der Waals surface area contributed by atoms with Crippen molar-refractivity contribution < 1.29 is 14.3 Å². The van der Waals surface area contributed by atoms with Gasteiger partial charge in [0.2, 0.25) is 0 Å². The smallest absolute Gasteiger partial charge is 0.193 e. The summed E-state index contributed by atoms with van der Waals surface area (Å²) >= 11 is 0. The molecule has 3 heteroatoms. The van der Waals surface area contributed by atoms with Crippen LogP contribution in [0.5, 0.6) is 11.5 Å². The van der Waals surface area contributed by atoms with Gasteiger partial charge >= 0.3 is 0 Å². The number of hydrogen-bond donors (Lipinski definition) is 0. The fourth-order valence-corrected chi connectivity index (χ4v) is 2.19. The Morgan fingerprint density at radius 3 is 2.33 bits per heavy atom. The molecule has 0 aliphatic heterocycles. The van der Waals surface area contributed by atoms with E-state index in [2.05, 4.69) is 0 Å². The van der Waals surface area contributed by atoms with Crippen LogP contribution in [-0.4, -0.2) is 19.0 Å². The van der Waals surface area contributed by atoms with Crippen LogP contribution in [0.3, 0.4) is 0 Å². The number of aryl methyl sites for hydroxylation is 1. The molecule has 0 amide bonds. The monoisotopic (exact) mass is 282 g/mol. The van der Waals surface area contributed by atoms with Gasteiger partial charge in [-0.15, -0.1) is 0 Å². The second kappa shape index (κ2) is 5.60. The molecule has 0 radical (unpaired) electrons. The molecular formula is C18H18O3. The van der Waals surface area contributed by atoms with Crippen LogP contribution < -0.4 is 9.47 Å². The van der Waals surface area contributed by atoms with E-state index in [1.54, 1.807) is 13.2 Å². The fourth-order valence-electron chi connectivity index (χ4n) is 2.19. The number of carbonyl (C=O) groups is 1. The van der Waals surface area contributed by atoms with Crippen molar-refractivity contribution in [1.82, 2.24) is 0 Å². The van der Waals surface area contributed by atoms with Crippen LogP contribution >= 0.6 is 0 Å². The van der Waals surface area contributed by atoms with Gasteiger partial charge < -0.3 is 9.47 Å². The number of hydrogen-bond acceptors (Lipinski definition) is 3. The van der Waals surface area contributed by atoms with Gasteiger partial charge in [-0.05, 0) is 55.7 Å². The molecule has 0 unspecified atom stereocenters. The second-order valence-electron chi connectivity index (χ2n) is 5.36. The fraction of sp³-hybridized carbons (Fsp3) is 0.278. The minimum absolute atomic E-state index is 0.00808. The lowest BCUT2D eigenvalue weighted by atomic mass is 10.0.